The molecule has 1 amide bonds. The molecule has 0 aliphatic rings. The Hall–Kier alpha value is -2.37. The van der Waals surface area contributed by atoms with Crippen LogP contribution >= 0.6 is 22.9 Å². The third kappa shape index (κ3) is 3.52. The first-order valence-corrected chi connectivity index (χ1v) is 8.82. The Kier molecular flexibility index (Phi) is 5.06. The van der Waals surface area contributed by atoms with E-state index in [0.717, 1.165) is 10.1 Å². The van der Waals surface area contributed by atoms with Crippen molar-refractivity contribution < 1.29 is 14.3 Å². The number of hydrogen-bond acceptors (Lipinski definition) is 4. The van der Waals surface area contributed by atoms with E-state index in [0.29, 0.717) is 15.5 Å². The van der Waals surface area contributed by atoms with Crippen molar-refractivity contribution in [1.82, 2.24) is 4.90 Å². The normalized spacial score (nSPS) is 12.0. The minimum atomic E-state index is -1.01. The van der Waals surface area contributed by atoms with Crippen LogP contribution in [0.1, 0.15) is 21.3 Å². The quantitative estimate of drug-likeness (QED) is 0.631. The van der Waals surface area contributed by atoms with Crippen molar-refractivity contribution in [3.8, 4) is 0 Å². The van der Waals surface area contributed by atoms with Gasteiger partial charge in [0.25, 0.3) is 5.91 Å². The van der Waals surface area contributed by atoms with Crippen molar-refractivity contribution in [2.24, 2.45) is 0 Å². The van der Waals surface area contributed by atoms with Crippen LogP contribution in [-0.2, 0) is 9.53 Å². The Morgan fingerprint density at radius 3 is 2.32 bits per heavy atom. The highest BCUT2D eigenvalue weighted by molar-refractivity contribution is 7.21. The fourth-order valence-electron chi connectivity index (χ4n) is 2.43. The summed E-state index contributed by atoms with van der Waals surface area (Å²) in [5, 5.41) is 1.16. The number of nitrogens with zero attached hydrogens (tertiary/aromatic N) is 1. The molecule has 0 N–H and O–H groups in total. The van der Waals surface area contributed by atoms with Crippen molar-refractivity contribution in [2.75, 3.05) is 14.1 Å². The predicted octanol–water partition coefficient (Wildman–Crippen LogP) is 4.54. The van der Waals surface area contributed by atoms with Crippen molar-refractivity contribution in [2.45, 2.75) is 6.10 Å². The molecular formula is C19H16ClNO3S. The lowest BCUT2D eigenvalue weighted by atomic mass is 10.1. The van der Waals surface area contributed by atoms with E-state index in [1.165, 1.54) is 16.2 Å². The highest BCUT2D eigenvalue weighted by atomic mass is 35.5. The molecule has 3 rings (SSSR count). The summed E-state index contributed by atoms with van der Waals surface area (Å²) < 4.78 is 6.45. The fraction of sp³-hybridized carbons (Fsp3) is 0.158. The van der Waals surface area contributed by atoms with E-state index in [1.54, 1.807) is 38.4 Å². The van der Waals surface area contributed by atoms with E-state index >= 15 is 0 Å². The molecule has 3 aromatic rings. The van der Waals surface area contributed by atoms with Crippen LogP contribution in [0.25, 0.3) is 10.1 Å². The number of benzene rings is 2. The maximum absolute atomic E-state index is 12.7. The minimum Gasteiger partial charge on any atom is -0.443 e. The maximum Gasteiger partial charge on any atom is 0.351 e. The van der Waals surface area contributed by atoms with Crippen LogP contribution in [0.3, 0.4) is 0 Å². The highest BCUT2D eigenvalue weighted by Crippen LogP contribution is 2.36. The van der Waals surface area contributed by atoms with Crippen LogP contribution in [0.4, 0.5) is 0 Å². The molecule has 2 aromatic carbocycles. The van der Waals surface area contributed by atoms with Gasteiger partial charge in [0.15, 0.2) is 0 Å². The van der Waals surface area contributed by atoms with Gasteiger partial charge in [0, 0.05) is 29.7 Å². The molecule has 0 spiro atoms. The molecule has 4 nitrogen and oxygen atoms in total. The second kappa shape index (κ2) is 7.25. The minimum absolute atomic E-state index is 0.301. The smallest absolute Gasteiger partial charge is 0.351 e. The van der Waals surface area contributed by atoms with Gasteiger partial charge in [0.1, 0.15) is 4.88 Å². The molecule has 0 aliphatic heterocycles. The van der Waals surface area contributed by atoms with E-state index in [-0.39, 0.29) is 5.91 Å². The third-order valence-corrected chi connectivity index (χ3v) is 5.37. The molecule has 0 fully saturated rings. The predicted molar refractivity (Wildman–Crippen MR) is 100 cm³/mol. The van der Waals surface area contributed by atoms with Gasteiger partial charge in [-0.05, 0) is 6.07 Å². The number of carbonyl (C=O) groups is 2. The SMILES string of the molecule is CN(C)C(=O)C(OC(=O)c1sc2ccccc2c1Cl)c1ccccc1. The number of halogens is 1. The highest BCUT2D eigenvalue weighted by Gasteiger charge is 2.29. The zero-order chi connectivity index (χ0) is 18.0. The number of fused-ring (bicyclic) bond motifs is 1. The van der Waals surface area contributed by atoms with Crippen LogP contribution in [0.2, 0.25) is 5.02 Å². The Labute approximate surface area is 154 Å². The standard InChI is InChI=1S/C19H16ClNO3S/c1-21(2)18(22)16(12-8-4-3-5-9-12)24-19(23)17-15(20)13-10-6-7-11-14(13)25-17/h3-11,16H,1-2H3. The summed E-state index contributed by atoms with van der Waals surface area (Å²) in [4.78, 5) is 26.9. The average Bonchev–Trinajstić information content (AvgIpc) is 2.97. The second-order valence-electron chi connectivity index (χ2n) is 5.67. The molecule has 0 saturated carbocycles. The Morgan fingerprint density at radius 1 is 1.04 bits per heavy atom. The number of carbonyl (C=O) groups excluding carboxylic acids is 2. The summed E-state index contributed by atoms with van der Waals surface area (Å²) in [5.41, 5.74) is 0.617. The van der Waals surface area contributed by atoms with Gasteiger partial charge in [-0.2, -0.15) is 0 Å². The summed E-state index contributed by atoms with van der Waals surface area (Å²) in [6.07, 6.45) is -1.01. The summed E-state index contributed by atoms with van der Waals surface area (Å²) in [7, 11) is 3.25. The number of likely N-dealkylation sites (N-methyl/N-ethyl adjacent to an activating group) is 1. The second-order valence-corrected chi connectivity index (χ2v) is 7.10. The number of rotatable bonds is 4. The monoisotopic (exact) mass is 373 g/mol. The van der Waals surface area contributed by atoms with Crippen LogP contribution in [0.15, 0.2) is 54.6 Å². The van der Waals surface area contributed by atoms with Crippen LogP contribution in [0, 0.1) is 0 Å². The lowest BCUT2D eigenvalue weighted by Crippen LogP contribution is -2.31. The number of ether oxygens (including phenoxy) is 1. The zero-order valence-corrected chi connectivity index (χ0v) is 15.3. The first-order chi connectivity index (χ1) is 12.0. The van der Waals surface area contributed by atoms with Gasteiger partial charge in [-0.25, -0.2) is 4.79 Å². The molecule has 1 aromatic heterocycles. The van der Waals surface area contributed by atoms with Gasteiger partial charge in [-0.1, -0.05) is 60.1 Å². The van der Waals surface area contributed by atoms with Gasteiger partial charge in [0.2, 0.25) is 6.10 Å². The maximum atomic E-state index is 12.7. The first-order valence-electron chi connectivity index (χ1n) is 7.63. The number of hydrogen-bond donors (Lipinski definition) is 0. The van der Waals surface area contributed by atoms with E-state index < -0.39 is 12.1 Å². The van der Waals surface area contributed by atoms with Gasteiger partial charge >= 0.3 is 5.97 Å². The van der Waals surface area contributed by atoms with Gasteiger partial charge in [-0.3, -0.25) is 4.79 Å². The largest absolute Gasteiger partial charge is 0.443 e. The van der Waals surface area contributed by atoms with Crippen molar-refractivity contribution in [3.63, 3.8) is 0 Å². The molecule has 128 valence electrons. The van der Waals surface area contributed by atoms with Gasteiger partial charge in [-0.15, -0.1) is 11.3 Å². The lowest BCUT2D eigenvalue weighted by Gasteiger charge is -2.21. The molecule has 6 heteroatoms. The molecule has 1 heterocycles. The van der Waals surface area contributed by atoms with E-state index in [2.05, 4.69) is 0 Å². The third-order valence-electron chi connectivity index (χ3n) is 3.71. The van der Waals surface area contributed by atoms with E-state index in [1.807, 2.05) is 30.3 Å². The average molecular weight is 374 g/mol. The molecule has 0 aliphatic carbocycles. The molecule has 1 atom stereocenters. The summed E-state index contributed by atoms with van der Waals surface area (Å²) in [5.74, 6) is -0.910. The Bertz CT molecular complexity index is 921. The summed E-state index contributed by atoms with van der Waals surface area (Å²) in [6.45, 7) is 0. The van der Waals surface area contributed by atoms with Crippen LogP contribution in [-0.4, -0.2) is 30.9 Å². The summed E-state index contributed by atoms with van der Waals surface area (Å²) in [6, 6.07) is 16.4. The Balaban J connectivity index is 1.94. The molecule has 0 bridgehead atoms. The molecule has 0 radical (unpaired) electrons. The summed E-state index contributed by atoms with van der Waals surface area (Å²) >= 11 is 7.60. The molecular weight excluding hydrogens is 358 g/mol. The lowest BCUT2D eigenvalue weighted by molar-refractivity contribution is -0.138. The van der Waals surface area contributed by atoms with Crippen LogP contribution < -0.4 is 0 Å². The number of amides is 1. The molecule has 25 heavy (non-hydrogen) atoms. The Morgan fingerprint density at radius 2 is 1.68 bits per heavy atom. The molecule has 0 saturated heterocycles. The first kappa shape index (κ1) is 17.5. The van der Waals surface area contributed by atoms with Crippen LogP contribution in [0.5, 0.6) is 0 Å². The topological polar surface area (TPSA) is 46.6 Å². The van der Waals surface area contributed by atoms with Gasteiger partial charge in [0.05, 0.1) is 5.02 Å². The van der Waals surface area contributed by atoms with Gasteiger partial charge < -0.3 is 9.64 Å². The van der Waals surface area contributed by atoms with E-state index in [4.69, 9.17) is 16.3 Å². The van der Waals surface area contributed by atoms with Crippen molar-refractivity contribution >= 4 is 44.9 Å². The molecule has 1 unspecified atom stereocenters. The number of thiophene rings is 1. The van der Waals surface area contributed by atoms with Crippen molar-refractivity contribution in [1.29, 1.82) is 0 Å². The zero-order valence-electron chi connectivity index (χ0n) is 13.7. The fourth-order valence-corrected chi connectivity index (χ4v) is 3.82. The van der Waals surface area contributed by atoms with E-state index in [9.17, 15) is 9.59 Å². The number of esters is 1. The van der Waals surface area contributed by atoms with Crippen molar-refractivity contribution in [3.05, 3.63) is 70.1 Å².